The fourth-order valence-electron chi connectivity index (χ4n) is 0.985. The minimum absolute atomic E-state index is 0. The van der Waals surface area contributed by atoms with Gasteiger partial charge in [0.2, 0.25) is 0 Å². The van der Waals surface area contributed by atoms with Crippen LogP contribution in [0.5, 0.6) is 0 Å². The SMILES string of the molecule is CCc1ccc([CH-]OC(C)=[N-])cc1.[Ni+2]. The van der Waals surface area contributed by atoms with Crippen LogP contribution in [-0.4, -0.2) is 5.90 Å². The zero-order valence-electron chi connectivity index (χ0n) is 8.27. The fraction of sp³-hybridized carbons (Fsp3) is 0.273. The number of ether oxygens (including phenoxy) is 1. The van der Waals surface area contributed by atoms with Gasteiger partial charge in [-0.2, -0.15) is 17.7 Å². The molecule has 0 aromatic heterocycles. The van der Waals surface area contributed by atoms with E-state index in [4.69, 9.17) is 10.1 Å². The summed E-state index contributed by atoms with van der Waals surface area (Å²) in [5, 5.41) is 8.78. The van der Waals surface area contributed by atoms with E-state index in [9.17, 15) is 0 Å². The van der Waals surface area contributed by atoms with Gasteiger partial charge in [-0.25, -0.2) is 0 Å². The molecule has 1 aromatic carbocycles. The van der Waals surface area contributed by atoms with Crippen molar-refractivity contribution < 1.29 is 21.2 Å². The van der Waals surface area contributed by atoms with Crippen LogP contribution in [0.1, 0.15) is 25.0 Å². The smallest absolute Gasteiger partial charge is 0.776 e. The van der Waals surface area contributed by atoms with Crippen LogP contribution in [0.3, 0.4) is 0 Å². The maximum Gasteiger partial charge on any atom is 2.00 e. The largest absolute Gasteiger partial charge is 2.00 e. The molecule has 0 fully saturated rings. The molecule has 0 heterocycles. The summed E-state index contributed by atoms with van der Waals surface area (Å²) in [5.74, 6) is -0.0421. The molecule has 0 aliphatic carbocycles. The van der Waals surface area contributed by atoms with Crippen LogP contribution < -0.4 is 0 Å². The van der Waals surface area contributed by atoms with Gasteiger partial charge in [0, 0.05) is 0 Å². The van der Waals surface area contributed by atoms with Crippen molar-refractivity contribution in [2.45, 2.75) is 20.3 Å². The first-order chi connectivity index (χ1) is 6.22. The van der Waals surface area contributed by atoms with Crippen LogP contribution in [0.15, 0.2) is 24.3 Å². The van der Waals surface area contributed by atoms with E-state index in [1.165, 1.54) is 19.1 Å². The Balaban J connectivity index is 0.00000169. The number of aryl methyl sites for hydroxylation is 1. The molecule has 0 saturated carbocycles. The molecule has 0 amide bonds. The maximum absolute atomic E-state index is 8.78. The molecule has 0 N–H and O–H groups in total. The summed E-state index contributed by atoms with van der Waals surface area (Å²) >= 11 is 0. The summed E-state index contributed by atoms with van der Waals surface area (Å²) in [7, 11) is 0. The summed E-state index contributed by atoms with van der Waals surface area (Å²) in [6.45, 7) is 5.13. The molecule has 0 aliphatic heterocycles. The van der Waals surface area contributed by atoms with Gasteiger partial charge in [0.05, 0.1) is 0 Å². The maximum atomic E-state index is 8.78. The van der Waals surface area contributed by atoms with E-state index >= 15 is 0 Å². The molecule has 0 saturated heterocycles. The van der Waals surface area contributed by atoms with Crippen molar-refractivity contribution in [2.24, 2.45) is 0 Å². The first-order valence-corrected chi connectivity index (χ1v) is 4.33. The second-order valence-electron chi connectivity index (χ2n) is 2.85. The van der Waals surface area contributed by atoms with Crippen LogP contribution in [0.25, 0.3) is 5.41 Å². The van der Waals surface area contributed by atoms with Crippen LogP contribution in [0.4, 0.5) is 0 Å². The van der Waals surface area contributed by atoms with Gasteiger partial charge in [0.1, 0.15) is 0 Å². The topological polar surface area (TPSA) is 31.5 Å². The van der Waals surface area contributed by atoms with E-state index < -0.39 is 0 Å². The Labute approximate surface area is 95.1 Å². The monoisotopic (exact) mass is 233 g/mol. The summed E-state index contributed by atoms with van der Waals surface area (Å²) in [6.07, 6.45) is 1.03. The Morgan fingerprint density at radius 3 is 2.36 bits per heavy atom. The van der Waals surface area contributed by atoms with E-state index in [-0.39, 0.29) is 22.4 Å². The fourth-order valence-corrected chi connectivity index (χ4v) is 0.985. The number of nitrogens with zero attached hydrogens (tertiary/aromatic N) is 1. The van der Waals surface area contributed by atoms with Gasteiger partial charge in [-0.15, -0.1) is 12.1 Å². The Bertz CT molecular complexity index is 282. The average Bonchev–Trinajstić information content (AvgIpc) is 2.15. The van der Waals surface area contributed by atoms with Gasteiger partial charge in [-0.3, -0.25) is 0 Å². The quantitative estimate of drug-likeness (QED) is 0.342. The third kappa shape index (κ3) is 4.34. The second kappa shape index (κ2) is 6.50. The summed E-state index contributed by atoms with van der Waals surface area (Å²) in [6, 6.07) is 8.01. The molecular formula is C11H13NNiO. The van der Waals surface area contributed by atoms with Gasteiger partial charge >= 0.3 is 16.5 Å². The van der Waals surface area contributed by atoms with Crippen molar-refractivity contribution in [1.29, 1.82) is 0 Å². The van der Waals surface area contributed by atoms with Gasteiger partial charge in [0.15, 0.2) is 0 Å². The third-order valence-corrected chi connectivity index (χ3v) is 1.75. The van der Waals surface area contributed by atoms with Crippen LogP contribution >= 0.6 is 0 Å². The Morgan fingerprint density at radius 2 is 1.93 bits per heavy atom. The van der Waals surface area contributed by atoms with E-state index in [1.54, 1.807) is 0 Å². The Morgan fingerprint density at radius 1 is 1.36 bits per heavy atom. The normalized spacial score (nSPS) is 8.71. The standard InChI is InChI=1S/C11H13NO.Ni/c1-3-10-4-6-11(7-5-10)8-13-9(2)12;/h4-8H,3H2,1-2H3;/q-2;+2. The van der Waals surface area contributed by atoms with Crippen molar-refractivity contribution in [3.63, 3.8) is 0 Å². The molecule has 2 nitrogen and oxygen atoms in total. The van der Waals surface area contributed by atoms with Gasteiger partial charge in [0.25, 0.3) is 0 Å². The molecule has 3 heteroatoms. The minimum Gasteiger partial charge on any atom is -0.776 e. The Kier molecular flexibility index (Phi) is 6.06. The summed E-state index contributed by atoms with van der Waals surface area (Å²) < 4.78 is 4.85. The molecule has 14 heavy (non-hydrogen) atoms. The first-order valence-electron chi connectivity index (χ1n) is 4.33. The van der Waals surface area contributed by atoms with Crippen molar-refractivity contribution in [2.75, 3.05) is 0 Å². The summed E-state index contributed by atoms with van der Waals surface area (Å²) in [5.41, 5.74) is 2.24. The first kappa shape index (κ1) is 13.1. The summed E-state index contributed by atoms with van der Waals surface area (Å²) in [4.78, 5) is 0. The number of rotatable bonds is 3. The van der Waals surface area contributed by atoms with E-state index in [2.05, 4.69) is 6.92 Å². The molecule has 0 spiro atoms. The molecule has 1 rings (SSSR count). The number of benzene rings is 1. The number of hydrogen-bond donors (Lipinski definition) is 0. The van der Waals surface area contributed by atoms with Crippen LogP contribution in [-0.2, 0) is 27.6 Å². The predicted octanol–water partition coefficient (Wildman–Crippen LogP) is 2.76. The third-order valence-electron chi connectivity index (χ3n) is 1.75. The minimum atomic E-state index is -0.0421. The predicted molar refractivity (Wildman–Crippen MR) is 54.3 cm³/mol. The van der Waals surface area contributed by atoms with Gasteiger partial charge in [-0.05, 0) is 25.8 Å². The second-order valence-corrected chi connectivity index (χ2v) is 2.85. The molecule has 0 bridgehead atoms. The molecule has 0 radical (unpaired) electrons. The van der Waals surface area contributed by atoms with Gasteiger partial charge < -0.3 is 10.1 Å². The van der Waals surface area contributed by atoms with Crippen molar-refractivity contribution >= 4 is 5.90 Å². The average molecular weight is 234 g/mol. The Hall–Kier alpha value is -0.946. The van der Waals surface area contributed by atoms with Crippen molar-refractivity contribution in [3.8, 4) is 0 Å². The van der Waals surface area contributed by atoms with E-state index in [0.29, 0.717) is 0 Å². The van der Waals surface area contributed by atoms with Crippen molar-refractivity contribution in [1.82, 2.24) is 0 Å². The zero-order valence-corrected chi connectivity index (χ0v) is 9.25. The molecule has 0 atom stereocenters. The molecule has 0 aliphatic rings. The van der Waals surface area contributed by atoms with Crippen LogP contribution in [0, 0.1) is 6.61 Å². The van der Waals surface area contributed by atoms with Gasteiger partial charge in [-0.1, -0.05) is 12.5 Å². The van der Waals surface area contributed by atoms with E-state index in [1.807, 2.05) is 24.3 Å². The molecular weight excluding hydrogens is 221 g/mol. The van der Waals surface area contributed by atoms with Crippen LogP contribution in [0.2, 0.25) is 0 Å². The number of hydrogen-bond acceptors (Lipinski definition) is 1. The zero-order chi connectivity index (χ0) is 9.68. The molecule has 78 valence electrons. The van der Waals surface area contributed by atoms with Crippen molar-refractivity contribution in [3.05, 3.63) is 47.4 Å². The van der Waals surface area contributed by atoms with E-state index in [0.717, 1.165) is 12.0 Å². The molecule has 0 unspecified atom stereocenters. The molecule has 1 aromatic rings.